The van der Waals surface area contributed by atoms with E-state index in [0.29, 0.717) is 17.8 Å². The molecular weight excluding hydrogens is 386 g/mol. The van der Waals surface area contributed by atoms with E-state index < -0.39 is 10.0 Å². The molecule has 0 radical (unpaired) electrons. The number of likely N-dealkylation sites (N-methyl/N-ethyl adjacent to an activating group) is 1. The van der Waals surface area contributed by atoms with Crippen LogP contribution in [0.2, 0.25) is 0 Å². The Hall–Kier alpha value is -2.38. The summed E-state index contributed by atoms with van der Waals surface area (Å²) < 4.78 is 28.4. The average molecular weight is 416 g/mol. The second kappa shape index (κ2) is 8.97. The van der Waals surface area contributed by atoms with Gasteiger partial charge in [0.15, 0.2) is 0 Å². The van der Waals surface area contributed by atoms with E-state index in [1.165, 1.54) is 25.0 Å². The number of hydrogen-bond acceptors (Lipinski definition) is 4. The van der Waals surface area contributed by atoms with Crippen LogP contribution in [0.15, 0.2) is 47.4 Å². The highest BCUT2D eigenvalue weighted by molar-refractivity contribution is 7.92. The largest absolute Gasteiger partial charge is 0.340 e. The number of anilines is 1. The van der Waals surface area contributed by atoms with E-state index in [2.05, 4.69) is 9.62 Å². The molecule has 3 rings (SSSR count). The van der Waals surface area contributed by atoms with Gasteiger partial charge in [0.25, 0.3) is 15.9 Å². The smallest absolute Gasteiger partial charge is 0.261 e. The van der Waals surface area contributed by atoms with Gasteiger partial charge < -0.3 is 9.80 Å². The fourth-order valence-corrected chi connectivity index (χ4v) is 4.65. The molecular formula is C22H29N3O3S. The van der Waals surface area contributed by atoms with Crippen molar-refractivity contribution >= 4 is 21.6 Å². The fourth-order valence-electron chi connectivity index (χ4n) is 3.49. The third-order valence-electron chi connectivity index (χ3n) is 5.44. The van der Waals surface area contributed by atoms with Crippen molar-refractivity contribution in [2.24, 2.45) is 0 Å². The third kappa shape index (κ3) is 5.16. The highest BCUT2D eigenvalue weighted by atomic mass is 32.2. The monoisotopic (exact) mass is 415 g/mol. The number of rotatable bonds is 7. The lowest BCUT2D eigenvalue weighted by Gasteiger charge is -2.22. The summed E-state index contributed by atoms with van der Waals surface area (Å²) in [5.41, 5.74) is 2.55. The van der Waals surface area contributed by atoms with Gasteiger partial charge in [0.1, 0.15) is 0 Å². The number of nitrogens with zero attached hydrogens (tertiary/aromatic N) is 2. The molecule has 0 aromatic heterocycles. The summed E-state index contributed by atoms with van der Waals surface area (Å²) in [5, 5.41) is 0. The first-order valence-electron chi connectivity index (χ1n) is 9.95. The molecule has 0 atom stereocenters. The Labute approximate surface area is 173 Å². The number of carbonyl (C=O) groups excluding carboxylic acids is 1. The van der Waals surface area contributed by atoms with Crippen LogP contribution in [0.4, 0.5) is 5.69 Å². The molecule has 2 aromatic rings. The molecule has 1 heterocycles. The Morgan fingerprint density at radius 2 is 1.76 bits per heavy atom. The van der Waals surface area contributed by atoms with Crippen molar-refractivity contribution in [1.29, 1.82) is 0 Å². The predicted molar refractivity (Wildman–Crippen MR) is 116 cm³/mol. The number of hydrogen-bond donors (Lipinski definition) is 1. The summed E-state index contributed by atoms with van der Waals surface area (Å²) in [6.07, 6.45) is 2.43. The summed E-state index contributed by atoms with van der Waals surface area (Å²) in [4.78, 5) is 17.1. The quantitative estimate of drug-likeness (QED) is 0.754. The number of nitrogens with one attached hydrogen (secondary N) is 1. The third-order valence-corrected chi connectivity index (χ3v) is 6.80. The molecule has 2 aromatic carbocycles. The van der Waals surface area contributed by atoms with Crippen LogP contribution in [-0.2, 0) is 10.0 Å². The van der Waals surface area contributed by atoms with Gasteiger partial charge in [-0.15, -0.1) is 0 Å². The van der Waals surface area contributed by atoms with Crippen molar-refractivity contribution in [2.45, 2.75) is 31.6 Å². The Balaban J connectivity index is 1.77. The molecule has 1 aliphatic rings. The lowest BCUT2D eigenvalue weighted by Crippen LogP contribution is -2.35. The predicted octanol–water partition coefficient (Wildman–Crippen LogP) is 3.27. The number of para-hydroxylation sites is 1. The van der Waals surface area contributed by atoms with E-state index in [9.17, 15) is 13.2 Å². The van der Waals surface area contributed by atoms with Gasteiger partial charge in [-0.1, -0.05) is 24.3 Å². The van der Waals surface area contributed by atoms with E-state index in [0.717, 1.165) is 30.8 Å². The van der Waals surface area contributed by atoms with Crippen LogP contribution >= 0.6 is 0 Å². The molecule has 156 valence electrons. The Morgan fingerprint density at radius 1 is 1.07 bits per heavy atom. The first-order valence-corrected chi connectivity index (χ1v) is 11.4. The van der Waals surface area contributed by atoms with Crippen LogP contribution in [0.25, 0.3) is 0 Å². The molecule has 7 heteroatoms. The van der Waals surface area contributed by atoms with Crippen molar-refractivity contribution in [1.82, 2.24) is 9.80 Å². The van der Waals surface area contributed by atoms with Gasteiger partial charge in [-0.3, -0.25) is 9.52 Å². The number of benzene rings is 2. The van der Waals surface area contributed by atoms with Crippen LogP contribution in [0.3, 0.4) is 0 Å². The molecule has 29 heavy (non-hydrogen) atoms. The maximum Gasteiger partial charge on any atom is 0.261 e. The van der Waals surface area contributed by atoms with Crippen LogP contribution < -0.4 is 4.72 Å². The van der Waals surface area contributed by atoms with Gasteiger partial charge in [0, 0.05) is 25.7 Å². The zero-order valence-corrected chi connectivity index (χ0v) is 18.1. The molecule has 1 saturated heterocycles. The molecule has 1 amide bonds. The lowest BCUT2D eigenvalue weighted by atomic mass is 10.1. The Bertz CT molecular complexity index is 983. The lowest BCUT2D eigenvalue weighted by molar-refractivity contribution is 0.0781. The first-order chi connectivity index (χ1) is 13.8. The number of amides is 1. The summed E-state index contributed by atoms with van der Waals surface area (Å²) in [6.45, 7) is 7.30. The van der Waals surface area contributed by atoms with Crippen molar-refractivity contribution < 1.29 is 13.2 Å². The summed E-state index contributed by atoms with van der Waals surface area (Å²) in [7, 11) is -2.02. The minimum Gasteiger partial charge on any atom is -0.340 e. The van der Waals surface area contributed by atoms with Crippen LogP contribution in [-0.4, -0.2) is 57.4 Å². The second-order valence-electron chi connectivity index (χ2n) is 7.67. The highest BCUT2D eigenvalue weighted by Crippen LogP contribution is 2.22. The highest BCUT2D eigenvalue weighted by Gasteiger charge is 2.21. The molecule has 0 unspecified atom stereocenters. The van der Waals surface area contributed by atoms with Gasteiger partial charge in [0.05, 0.1) is 10.6 Å². The van der Waals surface area contributed by atoms with Gasteiger partial charge in [-0.05, 0) is 69.1 Å². The van der Waals surface area contributed by atoms with Gasteiger partial charge in [-0.2, -0.15) is 0 Å². The molecule has 0 spiro atoms. The maximum absolute atomic E-state index is 13.0. The van der Waals surface area contributed by atoms with E-state index in [1.807, 2.05) is 26.0 Å². The molecule has 0 bridgehead atoms. The van der Waals surface area contributed by atoms with E-state index in [1.54, 1.807) is 30.1 Å². The molecule has 0 aliphatic carbocycles. The fraction of sp³-hybridized carbons (Fsp3) is 0.409. The van der Waals surface area contributed by atoms with Crippen molar-refractivity contribution in [3.63, 3.8) is 0 Å². The van der Waals surface area contributed by atoms with E-state index >= 15 is 0 Å². The summed E-state index contributed by atoms with van der Waals surface area (Å²) >= 11 is 0. The van der Waals surface area contributed by atoms with Crippen molar-refractivity contribution in [2.75, 3.05) is 37.9 Å². The Kier molecular flexibility index (Phi) is 6.59. The SMILES string of the molecule is Cc1ccccc1NS(=O)(=O)c1ccc(C)c(C(=O)N(C)CCN2CCCC2)c1. The van der Waals surface area contributed by atoms with Crippen molar-refractivity contribution in [3.8, 4) is 0 Å². The van der Waals surface area contributed by atoms with Gasteiger partial charge in [-0.25, -0.2) is 8.42 Å². The minimum absolute atomic E-state index is 0.0858. The topological polar surface area (TPSA) is 69.7 Å². The molecule has 1 fully saturated rings. The molecule has 1 N–H and O–H groups in total. The maximum atomic E-state index is 13.0. The van der Waals surface area contributed by atoms with Crippen LogP contribution in [0.5, 0.6) is 0 Å². The second-order valence-corrected chi connectivity index (χ2v) is 9.36. The van der Waals surface area contributed by atoms with E-state index in [4.69, 9.17) is 0 Å². The molecule has 1 aliphatic heterocycles. The summed E-state index contributed by atoms with van der Waals surface area (Å²) in [6, 6.07) is 11.9. The van der Waals surface area contributed by atoms with E-state index in [-0.39, 0.29) is 10.8 Å². The number of aryl methyl sites for hydroxylation is 2. The normalized spacial score (nSPS) is 14.7. The van der Waals surface area contributed by atoms with Crippen LogP contribution in [0, 0.1) is 13.8 Å². The van der Waals surface area contributed by atoms with Gasteiger partial charge >= 0.3 is 0 Å². The average Bonchev–Trinajstić information content (AvgIpc) is 3.21. The minimum atomic E-state index is -3.79. The molecule has 0 saturated carbocycles. The van der Waals surface area contributed by atoms with Crippen molar-refractivity contribution in [3.05, 3.63) is 59.2 Å². The number of carbonyl (C=O) groups is 1. The number of sulfonamides is 1. The summed E-state index contributed by atoms with van der Waals surface area (Å²) in [5.74, 6) is -0.158. The molecule has 6 nitrogen and oxygen atoms in total. The standard InChI is InChI=1S/C22H29N3O3S/c1-17-10-11-19(29(27,28)23-21-9-5-4-8-18(21)2)16-20(17)22(26)24(3)14-15-25-12-6-7-13-25/h4-5,8-11,16,23H,6-7,12-15H2,1-3H3. The number of likely N-dealkylation sites (tertiary alicyclic amines) is 1. The first kappa shape index (κ1) is 21.3. The zero-order valence-electron chi connectivity index (χ0n) is 17.3. The van der Waals surface area contributed by atoms with Crippen LogP contribution in [0.1, 0.15) is 34.3 Å². The Morgan fingerprint density at radius 3 is 2.45 bits per heavy atom. The zero-order chi connectivity index (χ0) is 21.0. The van der Waals surface area contributed by atoms with Gasteiger partial charge in [0.2, 0.25) is 0 Å².